The fourth-order valence-corrected chi connectivity index (χ4v) is 3.15. The van der Waals surface area contributed by atoms with Crippen LogP contribution in [-0.2, 0) is 22.9 Å². The molecule has 0 spiro atoms. The van der Waals surface area contributed by atoms with Gasteiger partial charge in [-0.25, -0.2) is 13.2 Å². The number of ether oxygens (including phenoxy) is 2. The van der Waals surface area contributed by atoms with Crippen molar-refractivity contribution in [1.29, 1.82) is 5.26 Å². The van der Waals surface area contributed by atoms with Gasteiger partial charge in [-0.3, -0.25) is 4.98 Å². The van der Waals surface area contributed by atoms with Gasteiger partial charge in [0.2, 0.25) is 0 Å². The van der Waals surface area contributed by atoms with Crippen molar-refractivity contribution in [3.05, 3.63) is 94.6 Å². The largest absolute Gasteiger partial charge is 0.486 e. The van der Waals surface area contributed by atoms with Gasteiger partial charge in [-0.05, 0) is 36.4 Å². The minimum absolute atomic E-state index is 0.106. The lowest BCUT2D eigenvalue weighted by atomic mass is 9.90. The highest BCUT2D eigenvalue weighted by molar-refractivity contribution is 5.37. The summed E-state index contributed by atoms with van der Waals surface area (Å²) in [5.41, 5.74) is -2.87. The summed E-state index contributed by atoms with van der Waals surface area (Å²) >= 11 is 0. The number of hydrogen-bond donors (Lipinski definition) is 0. The van der Waals surface area contributed by atoms with Crippen LogP contribution in [0.4, 0.5) is 22.0 Å². The number of nitrogens with zero attached hydrogens (tertiary/aromatic N) is 2. The number of nitriles is 1. The molecule has 1 aromatic heterocycles. The summed E-state index contributed by atoms with van der Waals surface area (Å²) in [6.45, 7) is -0.608. The molecule has 3 aromatic rings. The van der Waals surface area contributed by atoms with Gasteiger partial charge in [0, 0.05) is 23.4 Å². The second-order valence-corrected chi connectivity index (χ2v) is 6.91. The molecule has 1 aliphatic heterocycles. The lowest BCUT2D eigenvalue weighted by molar-refractivity contribution is -0.0902. The average molecular weight is 432 g/mol. The third-order valence-corrected chi connectivity index (χ3v) is 4.91. The highest BCUT2D eigenvalue weighted by Crippen LogP contribution is 2.56. The van der Waals surface area contributed by atoms with E-state index in [-0.39, 0.29) is 17.9 Å². The molecule has 9 heteroatoms. The minimum Gasteiger partial charge on any atom is -0.486 e. The molecule has 1 fully saturated rings. The number of rotatable bonds is 6. The number of epoxide rings is 1. The number of alkyl halides is 2. The predicted molar refractivity (Wildman–Crippen MR) is 97.6 cm³/mol. The third-order valence-electron chi connectivity index (χ3n) is 4.91. The molecular weight excluding hydrogens is 419 g/mol. The van der Waals surface area contributed by atoms with Crippen LogP contribution in [0.5, 0.6) is 5.75 Å². The highest BCUT2D eigenvalue weighted by Gasteiger charge is 2.68. The van der Waals surface area contributed by atoms with Crippen molar-refractivity contribution in [2.45, 2.75) is 18.1 Å². The summed E-state index contributed by atoms with van der Waals surface area (Å²) in [5, 5.41) is 8.74. The van der Waals surface area contributed by atoms with Crippen molar-refractivity contribution in [3.8, 4) is 11.8 Å². The molecule has 4 rings (SSSR count). The summed E-state index contributed by atoms with van der Waals surface area (Å²) < 4.78 is 81.6. The number of halogens is 5. The summed E-state index contributed by atoms with van der Waals surface area (Å²) in [5.74, 6) is -6.55. The molecule has 0 aliphatic carbocycles. The predicted octanol–water partition coefficient (Wildman–Crippen LogP) is 4.97. The molecule has 1 unspecified atom stereocenters. The first-order chi connectivity index (χ1) is 14.8. The van der Waals surface area contributed by atoms with Crippen molar-refractivity contribution in [2.75, 3.05) is 6.61 Å². The van der Waals surface area contributed by atoms with Crippen molar-refractivity contribution in [3.63, 3.8) is 0 Å². The van der Waals surface area contributed by atoms with Gasteiger partial charge in [0.25, 0.3) is 0 Å². The van der Waals surface area contributed by atoms with Crippen LogP contribution in [0.15, 0.2) is 54.7 Å². The van der Waals surface area contributed by atoms with E-state index in [2.05, 4.69) is 4.98 Å². The van der Waals surface area contributed by atoms with Crippen LogP contribution in [0.2, 0.25) is 0 Å². The van der Waals surface area contributed by atoms with E-state index in [1.54, 1.807) is 6.07 Å². The van der Waals surface area contributed by atoms with Crippen LogP contribution in [0.25, 0.3) is 0 Å². The lowest BCUT2D eigenvalue weighted by Crippen LogP contribution is -2.34. The van der Waals surface area contributed by atoms with E-state index >= 15 is 8.78 Å². The van der Waals surface area contributed by atoms with Crippen LogP contribution >= 0.6 is 0 Å². The van der Waals surface area contributed by atoms with E-state index in [1.807, 2.05) is 0 Å². The van der Waals surface area contributed by atoms with E-state index in [4.69, 9.17) is 14.7 Å². The molecule has 0 radical (unpaired) electrons. The average Bonchev–Trinajstić information content (AvgIpc) is 3.55. The summed E-state index contributed by atoms with van der Waals surface area (Å²) in [4.78, 5) is 3.75. The molecule has 2 aromatic carbocycles. The molecule has 0 saturated carbocycles. The summed E-state index contributed by atoms with van der Waals surface area (Å²) in [7, 11) is 0. The zero-order valence-corrected chi connectivity index (χ0v) is 15.7. The van der Waals surface area contributed by atoms with Gasteiger partial charge in [0.05, 0.1) is 18.2 Å². The molecule has 158 valence electrons. The quantitative estimate of drug-likeness (QED) is 0.408. The molecule has 1 aliphatic rings. The Morgan fingerprint density at radius 3 is 2.42 bits per heavy atom. The zero-order chi connectivity index (χ0) is 22.2. The van der Waals surface area contributed by atoms with Crippen LogP contribution in [0, 0.1) is 28.8 Å². The van der Waals surface area contributed by atoms with E-state index in [1.165, 1.54) is 18.2 Å². The number of hydrogen-bond acceptors (Lipinski definition) is 4. The Balaban J connectivity index is 1.52. The van der Waals surface area contributed by atoms with Crippen LogP contribution < -0.4 is 4.74 Å². The minimum atomic E-state index is -3.69. The molecule has 2 heterocycles. The van der Waals surface area contributed by atoms with E-state index < -0.39 is 46.8 Å². The SMILES string of the molecule is N#Cc1ccc(OCc2ccc(C(F)(F)C3(c4ccc(F)cc4F)CO3)nc2)c(F)c1. The van der Waals surface area contributed by atoms with Gasteiger partial charge in [-0.2, -0.15) is 14.0 Å². The van der Waals surface area contributed by atoms with E-state index in [0.29, 0.717) is 11.6 Å². The van der Waals surface area contributed by atoms with E-state index in [0.717, 1.165) is 30.5 Å². The van der Waals surface area contributed by atoms with E-state index in [9.17, 15) is 13.2 Å². The van der Waals surface area contributed by atoms with Gasteiger partial charge in [0.1, 0.15) is 23.9 Å². The van der Waals surface area contributed by atoms with Crippen molar-refractivity contribution < 1.29 is 31.4 Å². The first kappa shape index (κ1) is 20.8. The van der Waals surface area contributed by atoms with Gasteiger partial charge in [0.15, 0.2) is 17.2 Å². The fraction of sp³-hybridized carbons (Fsp3) is 0.182. The number of aromatic nitrogens is 1. The Hall–Kier alpha value is -3.51. The second-order valence-electron chi connectivity index (χ2n) is 6.91. The Labute approximate surface area is 173 Å². The highest BCUT2D eigenvalue weighted by atomic mass is 19.3. The maximum Gasteiger partial charge on any atom is 0.324 e. The molecule has 0 N–H and O–H groups in total. The van der Waals surface area contributed by atoms with Gasteiger partial charge in [-0.1, -0.05) is 6.07 Å². The Morgan fingerprint density at radius 2 is 1.84 bits per heavy atom. The first-order valence-corrected chi connectivity index (χ1v) is 9.02. The monoisotopic (exact) mass is 432 g/mol. The Kier molecular flexibility index (Phi) is 5.11. The van der Waals surface area contributed by atoms with Crippen molar-refractivity contribution in [1.82, 2.24) is 4.98 Å². The summed E-state index contributed by atoms with van der Waals surface area (Å²) in [6, 6.07) is 10.2. The summed E-state index contributed by atoms with van der Waals surface area (Å²) in [6.07, 6.45) is 1.13. The molecule has 4 nitrogen and oxygen atoms in total. The van der Waals surface area contributed by atoms with Crippen LogP contribution in [0.1, 0.15) is 22.4 Å². The Bertz CT molecular complexity index is 1170. The second kappa shape index (κ2) is 7.63. The zero-order valence-electron chi connectivity index (χ0n) is 15.7. The molecular formula is C22H13F5N2O2. The van der Waals surface area contributed by atoms with Crippen LogP contribution in [0.3, 0.4) is 0 Å². The number of pyridine rings is 1. The normalized spacial score (nSPS) is 17.8. The smallest absolute Gasteiger partial charge is 0.324 e. The standard InChI is InChI=1S/C22H13F5N2O2/c23-15-3-4-16(17(24)8-15)21(12-31-21)22(26,27)20-6-2-14(10-29-20)11-30-19-5-1-13(9-28)7-18(19)25/h1-8,10H,11-12H2. The lowest BCUT2D eigenvalue weighted by Gasteiger charge is -2.24. The third kappa shape index (κ3) is 3.70. The number of benzene rings is 2. The van der Waals surface area contributed by atoms with Gasteiger partial charge < -0.3 is 9.47 Å². The topological polar surface area (TPSA) is 58.4 Å². The Morgan fingerprint density at radius 1 is 1.06 bits per heavy atom. The van der Waals surface area contributed by atoms with Crippen LogP contribution in [-0.4, -0.2) is 11.6 Å². The molecule has 1 atom stereocenters. The van der Waals surface area contributed by atoms with Gasteiger partial charge in [-0.15, -0.1) is 0 Å². The molecule has 0 bridgehead atoms. The maximum absolute atomic E-state index is 15.1. The molecule has 0 amide bonds. The molecule has 1 saturated heterocycles. The van der Waals surface area contributed by atoms with Crippen molar-refractivity contribution >= 4 is 0 Å². The first-order valence-electron chi connectivity index (χ1n) is 9.02. The fourth-order valence-electron chi connectivity index (χ4n) is 3.15. The maximum atomic E-state index is 15.1. The van der Waals surface area contributed by atoms with Crippen molar-refractivity contribution in [2.24, 2.45) is 0 Å². The van der Waals surface area contributed by atoms with Gasteiger partial charge >= 0.3 is 5.92 Å². The molecule has 31 heavy (non-hydrogen) atoms.